The smallest absolute Gasteiger partial charge is 0.182 e. The Balaban J connectivity index is 2.39. The molecule has 0 saturated heterocycles. The number of aromatic amines is 1. The lowest BCUT2D eigenvalue weighted by Crippen LogP contribution is -1.95. The van der Waals surface area contributed by atoms with Gasteiger partial charge in [0.05, 0.1) is 31.8 Å². The summed E-state index contributed by atoms with van der Waals surface area (Å²) in [6.07, 6.45) is 0. The molecule has 0 atom stereocenters. The van der Waals surface area contributed by atoms with Gasteiger partial charge < -0.3 is 4.98 Å². The summed E-state index contributed by atoms with van der Waals surface area (Å²) >= 11 is 23.8. The summed E-state index contributed by atoms with van der Waals surface area (Å²) in [5.74, 6) is 0. The Morgan fingerprint density at radius 1 is 1.00 bits per heavy atom. The zero-order valence-electron chi connectivity index (χ0n) is 10.4. The molecule has 3 rings (SSSR count). The van der Waals surface area contributed by atoms with Crippen molar-refractivity contribution in [2.45, 2.75) is 6.92 Å². The molecular formula is C14H9Cl3N2S. The normalized spacial score (nSPS) is 11.2. The maximum absolute atomic E-state index is 6.32. The lowest BCUT2D eigenvalue weighted by molar-refractivity contribution is 1.06. The topological polar surface area (TPSA) is 20.7 Å². The summed E-state index contributed by atoms with van der Waals surface area (Å²) in [6.45, 7) is 1.99. The number of hydrogen-bond acceptors (Lipinski definition) is 1. The van der Waals surface area contributed by atoms with E-state index in [1.807, 2.05) is 29.7 Å². The van der Waals surface area contributed by atoms with Crippen molar-refractivity contribution >= 4 is 58.1 Å². The average Bonchev–Trinajstić information content (AvgIpc) is 2.66. The van der Waals surface area contributed by atoms with Gasteiger partial charge in [-0.3, -0.25) is 4.57 Å². The maximum atomic E-state index is 6.32. The van der Waals surface area contributed by atoms with Gasteiger partial charge in [-0.2, -0.15) is 0 Å². The zero-order chi connectivity index (χ0) is 14.4. The van der Waals surface area contributed by atoms with Gasteiger partial charge in [0.2, 0.25) is 0 Å². The fraction of sp³-hybridized carbons (Fsp3) is 0.0714. The standard InChI is InChI=1S/C14H9Cl3N2S/c1-7-2-3-12(10(17)4-7)19-13-6-9(16)8(15)5-11(13)18-14(19)20/h2-6H,1H3,(H,18,20). The Hall–Kier alpha value is -1.00. The second-order valence-corrected chi connectivity index (χ2v) is 6.11. The summed E-state index contributed by atoms with van der Waals surface area (Å²) in [6, 6.07) is 9.35. The SMILES string of the molecule is Cc1ccc(-n2c(=S)[nH]c3cc(Cl)c(Cl)cc32)c(Cl)c1. The van der Waals surface area contributed by atoms with Crippen LogP contribution >= 0.6 is 47.0 Å². The van der Waals surface area contributed by atoms with E-state index in [4.69, 9.17) is 47.0 Å². The minimum atomic E-state index is 0.477. The number of H-pyrrole nitrogens is 1. The van der Waals surface area contributed by atoms with E-state index in [-0.39, 0.29) is 0 Å². The van der Waals surface area contributed by atoms with E-state index in [9.17, 15) is 0 Å². The third-order valence-electron chi connectivity index (χ3n) is 3.07. The average molecular weight is 344 g/mol. The first-order chi connectivity index (χ1) is 9.47. The van der Waals surface area contributed by atoms with Crippen LogP contribution in [-0.2, 0) is 0 Å². The van der Waals surface area contributed by atoms with E-state index >= 15 is 0 Å². The number of rotatable bonds is 1. The molecule has 0 fully saturated rings. The van der Waals surface area contributed by atoms with E-state index in [1.54, 1.807) is 12.1 Å². The van der Waals surface area contributed by atoms with E-state index in [2.05, 4.69) is 4.98 Å². The van der Waals surface area contributed by atoms with E-state index in [0.717, 1.165) is 22.3 Å². The largest absolute Gasteiger partial charge is 0.330 e. The summed E-state index contributed by atoms with van der Waals surface area (Å²) in [4.78, 5) is 3.11. The van der Waals surface area contributed by atoms with Crippen LogP contribution in [0.3, 0.4) is 0 Å². The van der Waals surface area contributed by atoms with Crippen molar-refractivity contribution in [2.24, 2.45) is 0 Å². The molecule has 0 radical (unpaired) electrons. The molecule has 2 nitrogen and oxygen atoms in total. The van der Waals surface area contributed by atoms with Crippen LogP contribution < -0.4 is 0 Å². The van der Waals surface area contributed by atoms with Crippen molar-refractivity contribution in [3.8, 4) is 5.69 Å². The monoisotopic (exact) mass is 342 g/mol. The number of nitrogens with zero attached hydrogens (tertiary/aromatic N) is 1. The maximum Gasteiger partial charge on any atom is 0.182 e. The molecule has 1 N–H and O–H groups in total. The van der Waals surface area contributed by atoms with Crippen LogP contribution in [-0.4, -0.2) is 9.55 Å². The van der Waals surface area contributed by atoms with E-state index in [1.165, 1.54) is 0 Å². The number of nitrogens with one attached hydrogen (secondary N) is 1. The number of imidazole rings is 1. The highest BCUT2D eigenvalue weighted by molar-refractivity contribution is 7.71. The van der Waals surface area contributed by atoms with Gasteiger partial charge in [-0.25, -0.2) is 0 Å². The number of aryl methyl sites for hydroxylation is 1. The predicted octanol–water partition coefficient (Wildman–Crippen LogP) is 5.96. The van der Waals surface area contributed by atoms with Crippen LogP contribution in [0.4, 0.5) is 0 Å². The van der Waals surface area contributed by atoms with Gasteiger partial charge in [-0.1, -0.05) is 40.9 Å². The number of benzene rings is 2. The van der Waals surface area contributed by atoms with Crippen LogP contribution in [0, 0.1) is 11.7 Å². The molecule has 1 aromatic heterocycles. The Morgan fingerprint density at radius 2 is 1.70 bits per heavy atom. The first-order valence-electron chi connectivity index (χ1n) is 5.83. The third-order valence-corrected chi connectivity index (χ3v) is 4.38. The van der Waals surface area contributed by atoms with Crippen molar-refractivity contribution < 1.29 is 0 Å². The number of aromatic nitrogens is 2. The molecule has 20 heavy (non-hydrogen) atoms. The van der Waals surface area contributed by atoms with Gasteiger partial charge in [-0.15, -0.1) is 0 Å². The predicted molar refractivity (Wildman–Crippen MR) is 88.2 cm³/mol. The zero-order valence-corrected chi connectivity index (χ0v) is 13.5. The molecule has 0 bridgehead atoms. The molecule has 6 heteroatoms. The quantitative estimate of drug-likeness (QED) is 0.541. The van der Waals surface area contributed by atoms with Gasteiger partial charge in [0, 0.05) is 0 Å². The van der Waals surface area contributed by atoms with E-state index in [0.29, 0.717) is 19.8 Å². The van der Waals surface area contributed by atoms with Gasteiger partial charge in [0.1, 0.15) is 0 Å². The highest BCUT2D eigenvalue weighted by Crippen LogP contribution is 2.31. The molecule has 3 aromatic rings. The van der Waals surface area contributed by atoms with Crippen molar-refractivity contribution in [1.29, 1.82) is 0 Å². The fourth-order valence-electron chi connectivity index (χ4n) is 2.13. The van der Waals surface area contributed by atoms with Crippen molar-refractivity contribution in [3.05, 3.63) is 55.7 Å². The molecule has 0 saturated carbocycles. The second-order valence-electron chi connectivity index (χ2n) is 4.50. The molecular weight excluding hydrogens is 335 g/mol. The highest BCUT2D eigenvalue weighted by atomic mass is 35.5. The summed E-state index contributed by atoms with van der Waals surface area (Å²) in [5, 5.41) is 1.59. The van der Waals surface area contributed by atoms with Crippen molar-refractivity contribution in [2.75, 3.05) is 0 Å². The Bertz CT molecular complexity index is 880. The van der Waals surface area contributed by atoms with Crippen molar-refractivity contribution in [3.63, 3.8) is 0 Å². The lowest BCUT2D eigenvalue weighted by atomic mass is 10.2. The molecule has 0 aliphatic heterocycles. The van der Waals surface area contributed by atoms with Gasteiger partial charge >= 0.3 is 0 Å². The lowest BCUT2D eigenvalue weighted by Gasteiger charge is -2.08. The molecule has 0 aliphatic carbocycles. The number of hydrogen-bond donors (Lipinski definition) is 1. The Kier molecular flexibility index (Phi) is 3.55. The van der Waals surface area contributed by atoms with Crippen molar-refractivity contribution in [1.82, 2.24) is 9.55 Å². The van der Waals surface area contributed by atoms with Crippen LogP contribution in [0.5, 0.6) is 0 Å². The Labute approximate surface area is 135 Å². The van der Waals surface area contributed by atoms with Gasteiger partial charge in [0.25, 0.3) is 0 Å². The fourth-order valence-corrected chi connectivity index (χ4v) is 3.08. The third kappa shape index (κ3) is 2.25. The number of halogens is 3. The molecule has 1 heterocycles. The van der Waals surface area contributed by atoms with Gasteiger partial charge in [0.15, 0.2) is 4.77 Å². The second kappa shape index (κ2) is 5.08. The highest BCUT2D eigenvalue weighted by Gasteiger charge is 2.12. The molecule has 0 unspecified atom stereocenters. The molecule has 0 amide bonds. The summed E-state index contributed by atoms with van der Waals surface area (Å²) in [7, 11) is 0. The molecule has 0 spiro atoms. The molecule has 0 aliphatic rings. The summed E-state index contributed by atoms with van der Waals surface area (Å²) in [5.41, 5.74) is 3.56. The molecule has 2 aromatic carbocycles. The first kappa shape index (κ1) is 14.0. The minimum absolute atomic E-state index is 0.477. The Morgan fingerprint density at radius 3 is 2.40 bits per heavy atom. The summed E-state index contributed by atoms with van der Waals surface area (Å²) < 4.78 is 2.40. The molecule has 102 valence electrons. The van der Waals surface area contributed by atoms with Crippen LogP contribution in [0.1, 0.15) is 5.56 Å². The van der Waals surface area contributed by atoms with Crippen LogP contribution in [0.15, 0.2) is 30.3 Å². The van der Waals surface area contributed by atoms with Crippen LogP contribution in [0.2, 0.25) is 15.1 Å². The first-order valence-corrected chi connectivity index (χ1v) is 7.38. The van der Waals surface area contributed by atoms with Crippen LogP contribution in [0.25, 0.3) is 16.7 Å². The van der Waals surface area contributed by atoms with E-state index < -0.39 is 0 Å². The minimum Gasteiger partial charge on any atom is -0.330 e. The van der Waals surface area contributed by atoms with Gasteiger partial charge in [-0.05, 0) is 49.0 Å². The number of fused-ring (bicyclic) bond motifs is 1.